The van der Waals surface area contributed by atoms with E-state index in [0.717, 1.165) is 12.8 Å². The largest absolute Gasteiger partial charge is 0.321 e. The van der Waals surface area contributed by atoms with Crippen molar-refractivity contribution in [3.8, 4) is 0 Å². The molecule has 0 radical (unpaired) electrons. The first-order valence-electron chi connectivity index (χ1n) is 4.08. The molecule has 0 heterocycles. The SMILES string of the molecule is C=C(C)C(=O)C(N)C1CCC1. The topological polar surface area (TPSA) is 43.1 Å². The van der Waals surface area contributed by atoms with Crippen LogP contribution in [0.1, 0.15) is 26.2 Å². The molecule has 0 saturated heterocycles. The Morgan fingerprint density at radius 3 is 2.45 bits per heavy atom. The zero-order valence-corrected chi connectivity index (χ0v) is 6.97. The smallest absolute Gasteiger partial charge is 0.174 e. The summed E-state index contributed by atoms with van der Waals surface area (Å²) in [5, 5.41) is 0. The van der Waals surface area contributed by atoms with Gasteiger partial charge in [-0.2, -0.15) is 0 Å². The molecule has 0 aliphatic heterocycles. The van der Waals surface area contributed by atoms with Crippen LogP contribution >= 0.6 is 0 Å². The summed E-state index contributed by atoms with van der Waals surface area (Å²) in [5.41, 5.74) is 6.30. The third-order valence-corrected chi connectivity index (χ3v) is 2.38. The van der Waals surface area contributed by atoms with Gasteiger partial charge in [0, 0.05) is 0 Å². The first-order valence-corrected chi connectivity index (χ1v) is 4.08. The molecule has 0 bridgehead atoms. The number of carbonyl (C=O) groups excluding carboxylic acids is 1. The van der Waals surface area contributed by atoms with Gasteiger partial charge >= 0.3 is 0 Å². The molecule has 62 valence electrons. The van der Waals surface area contributed by atoms with E-state index in [2.05, 4.69) is 6.58 Å². The van der Waals surface area contributed by atoms with Crippen LogP contribution in [0.25, 0.3) is 0 Å². The zero-order chi connectivity index (χ0) is 8.43. The predicted molar refractivity (Wildman–Crippen MR) is 45.1 cm³/mol. The fourth-order valence-corrected chi connectivity index (χ4v) is 1.30. The Kier molecular flexibility index (Phi) is 2.45. The normalized spacial score (nSPS) is 20.5. The van der Waals surface area contributed by atoms with Crippen molar-refractivity contribution in [2.24, 2.45) is 11.7 Å². The second-order valence-corrected chi connectivity index (χ2v) is 3.36. The molecule has 1 saturated carbocycles. The highest BCUT2D eigenvalue weighted by Gasteiger charge is 2.29. The van der Waals surface area contributed by atoms with Gasteiger partial charge in [-0.25, -0.2) is 0 Å². The second kappa shape index (κ2) is 3.18. The van der Waals surface area contributed by atoms with Crippen LogP contribution in [-0.4, -0.2) is 11.8 Å². The maximum Gasteiger partial charge on any atom is 0.174 e. The Morgan fingerprint density at radius 1 is 1.64 bits per heavy atom. The highest BCUT2D eigenvalue weighted by molar-refractivity contribution is 5.98. The molecule has 2 nitrogen and oxygen atoms in total. The van der Waals surface area contributed by atoms with Crippen molar-refractivity contribution in [1.82, 2.24) is 0 Å². The van der Waals surface area contributed by atoms with Crippen molar-refractivity contribution in [2.45, 2.75) is 32.2 Å². The molecular weight excluding hydrogens is 138 g/mol. The fraction of sp³-hybridized carbons (Fsp3) is 0.667. The number of Topliss-reactive ketones (excluding diaryl/α,β-unsaturated/α-hetero) is 1. The lowest BCUT2D eigenvalue weighted by Crippen LogP contribution is -2.41. The van der Waals surface area contributed by atoms with E-state index in [0.29, 0.717) is 11.5 Å². The van der Waals surface area contributed by atoms with Crippen LogP contribution in [0.3, 0.4) is 0 Å². The molecule has 0 aromatic heterocycles. The Bertz CT molecular complexity index is 182. The lowest BCUT2D eigenvalue weighted by Gasteiger charge is -2.30. The minimum Gasteiger partial charge on any atom is -0.321 e. The van der Waals surface area contributed by atoms with Crippen molar-refractivity contribution in [1.29, 1.82) is 0 Å². The molecule has 2 N–H and O–H groups in total. The van der Waals surface area contributed by atoms with Gasteiger partial charge in [0.15, 0.2) is 5.78 Å². The minimum absolute atomic E-state index is 0.0368. The van der Waals surface area contributed by atoms with Crippen molar-refractivity contribution in [2.75, 3.05) is 0 Å². The van der Waals surface area contributed by atoms with E-state index in [9.17, 15) is 4.79 Å². The predicted octanol–water partition coefficient (Wildman–Crippen LogP) is 1.26. The van der Waals surface area contributed by atoms with Gasteiger partial charge in [-0.1, -0.05) is 13.0 Å². The fourth-order valence-electron chi connectivity index (χ4n) is 1.30. The zero-order valence-electron chi connectivity index (χ0n) is 6.97. The van der Waals surface area contributed by atoms with Crippen LogP contribution < -0.4 is 5.73 Å². The van der Waals surface area contributed by atoms with Crippen LogP contribution in [0.15, 0.2) is 12.2 Å². The number of carbonyl (C=O) groups is 1. The summed E-state index contributed by atoms with van der Waals surface area (Å²) in [4.78, 5) is 11.3. The van der Waals surface area contributed by atoms with E-state index in [1.165, 1.54) is 6.42 Å². The molecule has 1 rings (SSSR count). The molecule has 1 atom stereocenters. The lowest BCUT2D eigenvalue weighted by atomic mass is 9.78. The number of rotatable bonds is 3. The van der Waals surface area contributed by atoms with Crippen LogP contribution in [0.4, 0.5) is 0 Å². The van der Waals surface area contributed by atoms with Crippen LogP contribution in [0.5, 0.6) is 0 Å². The molecule has 1 aliphatic rings. The summed E-state index contributed by atoms with van der Waals surface area (Å²) < 4.78 is 0. The molecule has 0 aromatic carbocycles. The molecule has 0 aromatic rings. The monoisotopic (exact) mass is 153 g/mol. The second-order valence-electron chi connectivity index (χ2n) is 3.36. The standard InChI is InChI=1S/C9H15NO/c1-6(2)9(11)8(10)7-4-3-5-7/h7-8H,1,3-5,10H2,2H3. The van der Waals surface area contributed by atoms with Crippen molar-refractivity contribution < 1.29 is 4.79 Å². The third kappa shape index (κ3) is 1.69. The van der Waals surface area contributed by atoms with E-state index in [1.807, 2.05) is 0 Å². The maximum atomic E-state index is 11.3. The molecule has 0 spiro atoms. The molecule has 1 fully saturated rings. The molecule has 2 heteroatoms. The van der Waals surface area contributed by atoms with Crippen LogP contribution in [0.2, 0.25) is 0 Å². The summed E-state index contributed by atoms with van der Waals surface area (Å²) in [5.74, 6) is 0.467. The van der Waals surface area contributed by atoms with Crippen LogP contribution in [0, 0.1) is 5.92 Å². The molecule has 0 amide bonds. The molecule has 1 aliphatic carbocycles. The average molecular weight is 153 g/mol. The summed E-state index contributed by atoms with van der Waals surface area (Å²) in [6.45, 7) is 5.31. The minimum atomic E-state index is -0.277. The highest BCUT2D eigenvalue weighted by Crippen LogP contribution is 2.29. The number of hydrogen-bond acceptors (Lipinski definition) is 2. The summed E-state index contributed by atoms with van der Waals surface area (Å²) in [6, 6.07) is -0.277. The van der Waals surface area contributed by atoms with Gasteiger partial charge < -0.3 is 5.73 Å². The number of nitrogens with two attached hydrogens (primary N) is 1. The Labute approximate surface area is 67.5 Å². The van der Waals surface area contributed by atoms with E-state index in [-0.39, 0.29) is 11.8 Å². The first-order chi connectivity index (χ1) is 5.13. The van der Waals surface area contributed by atoms with Crippen molar-refractivity contribution in [3.05, 3.63) is 12.2 Å². The van der Waals surface area contributed by atoms with E-state index in [1.54, 1.807) is 6.92 Å². The van der Waals surface area contributed by atoms with Gasteiger partial charge in [-0.05, 0) is 31.3 Å². The number of ketones is 1. The summed E-state index contributed by atoms with van der Waals surface area (Å²) in [6.07, 6.45) is 3.45. The maximum absolute atomic E-state index is 11.3. The van der Waals surface area contributed by atoms with E-state index < -0.39 is 0 Å². The number of hydrogen-bond donors (Lipinski definition) is 1. The Balaban J connectivity index is 2.45. The summed E-state index contributed by atoms with van der Waals surface area (Å²) in [7, 11) is 0. The van der Waals surface area contributed by atoms with Gasteiger partial charge in [0.25, 0.3) is 0 Å². The van der Waals surface area contributed by atoms with Crippen molar-refractivity contribution >= 4 is 5.78 Å². The van der Waals surface area contributed by atoms with Gasteiger partial charge in [0.1, 0.15) is 0 Å². The Hall–Kier alpha value is -0.630. The van der Waals surface area contributed by atoms with Gasteiger partial charge in [0.2, 0.25) is 0 Å². The van der Waals surface area contributed by atoms with Gasteiger partial charge in [-0.3, -0.25) is 4.79 Å². The quantitative estimate of drug-likeness (QED) is 0.620. The molecular formula is C9H15NO. The highest BCUT2D eigenvalue weighted by atomic mass is 16.1. The summed E-state index contributed by atoms with van der Waals surface area (Å²) >= 11 is 0. The average Bonchev–Trinajstić information content (AvgIpc) is 1.82. The molecule has 11 heavy (non-hydrogen) atoms. The van der Waals surface area contributed by atoms with E-state index in [4.69, 9.17) is 5.73 Å². The molecule has 1 unspecified atom stereocenters. The Morgan fingerprint density at radius 2 is 2.18 bits per heavy atom. The lowest BCUT2D eigenvalue weighted by molar-refractivity contribution is -0.118. The third-order valence-electron chi connectivity index (χ3n) is 2.38. The van der Waals surface area contributed by atoms with Crippen molar-refractivity contribution in [3.63, 3.8) is 0 Å². The van der Waals surface area contributed by atoms with E-state index >= 15 is 0 Å². The van der Waals surface area contributed by atoms with Gasteiger partial charge in [0.05, 0.1) is 6.04 Å². The first kappa shape index (κ1) is 8.47. The van der Waals surface area contributed by atoms with Crippen LogP contribution in [-0.2, 0) is 4.79 Å². The van der Waals surface area contributed by atoms with Gasteiger partial charge in [-0.15, -0.1) is 0 Å².